The summed E-state index contributed by atoms with van der Waals surface area (Å²) in [5.41, 5.74) is 0.119. The van der Waals surface area contributed by atoms with E-state index in [9.17, 15) is 24.1 Å². The molecular weight excluding hydrogens is 437 g/mol. The van der Waals surface area contributed by atoms with Crippen LogP contribution in [0.25, 0.3) is 16.9 Å². The van der Waals surface area contributed by atoms with Gasteiger partial charge in [0.2, 0.25) is 5.43 Å². The Morgan fingerprint density at radius 2 is 1.97 bits per heavy atom. The number of amides is 1. The van der Waals surface area contributed by atoms with Gasteiger partial charge in [0.25, 0.3) is 11.6 Å². The number of rotatable bonds is 5. The van der Waals surface area contributed by atoms with Gasteiger partial charge in [0.05, 0.1) is 10.6 Å². The minimum atomic E-state index is -0.817. The van der Waals surface area contributed by atoms with Crippen LogP contribution in [-0.4, -0.2) is 25.6 Å². The van der Waals surface area contributed by atoms with Crippen molar-refractivity contribution < 1.29 is 14.1 Å². The fraction of sp³-hybridized carbons (Fsp3) is 0.0476. The van der Waals surface area contributed by atoms with Gasteiger partial charge in [0.15, 0.2) is 10.8 Å². The van der Waals surface area contributed by atoms with Crippen LogP contribution < -0.4 is 10.7 Å². The van der Waals surface area contributed by atoms with Gasteiger partial charge >= 0.3 is 0 Å². The van der Waals surface area contributed by atoms with Crippen LogP contribution in [-0.2, 0) is 0 Å². The number of nitro groups is 1. The van der Waals surface area contributed by atoms with E-state index in [2.05, 4.69) is 15.4 Å². The van der Waals surface area contributed by atoms with Crippen molar-refractivity contribution in [2.75, 3.05) is 5.32 Å². The van der Waals surface area contributed by atoms with E-state index in [-0.39, 0.29) is 16.5 Å². The number of halogens is 1. The summed E-state index contributed by atoms with van der Waals surface area (Å²) in [6.45, 7) is 1.55. The number of para-hydroxylation sites is 2. The van der Waals surface area contributed by atoms with E-state index in [1.165, 1.54) is 41.1 Å². The molecule has 0 atom stereocenters. The van der Waals surface area contributed by atoms with Crippen LogP contribution in [0.5, 0.6) is 0 Å². The fourth-order valence-electron chi connectivity index (χ4n) is 3.01. The molecule has 1 N–H and O–H groups in total. The lowest BCUT2D eigenvalue weighted by Crippen LogP contribution is -2.27. The molecule has 9 nitrogen and oxygen atoms in total. The Morgan fingerprint density at radius 3 is 2.72 bits per heavy atom. The molecule has 0 aliphatic carbocycles. The number of aromatic nitrogens is 3. The normalized spacial score (nSPS) is 10.7. The van der Waals surface area contributed by atoms with Crippen LogP contribution in [0.2, 0.25) is 0 Å². The van der Waals surface area contributed by atoms with Crippen molar-refractivity contribution in [2.24, 2.45) is 0 Å². The molecule has 11 heteroatoms. The van der Waals surface area contributed by atoms with E-state index in [1.807, 2.05) is 0 Å². The zero-order valence-electron chi connectivity index (χ0n) is 16.5. The first-order valence-electron chi connectivity index (χ1n) is 9.21. The molecule has 1 amide bonds. The highest BCUT2D eigenvalue weighted by Crippen LogP contribution is 2.26. The van der Waals surface area contributed by atoms with E-state index in [1.54, 1.807) is 30.5 Å². The first kappa shape index (κ1) is 21.0. The van der Waals surface area contributed by atoms with Gasteiger partial charge < -0.3 is 0 Å². The minimum absolute atomic E-state index is 0.117. The number of nitro benzene ring substituents is 1. The third-order valence-electron chi connectivity index (χ3n) is 4.47. The molecule has 160 valence electrons. The molecule has 32 heavy (non-hydrogen) atoms. The number of carbonyl (C=O) groups is 1. The van der Waals surface area contributed by atoms with Crippen LogP contribution in [0.15, 0.2) is 64.8 Å². The Kier molecular flexibility index (Phi) is 5.56. The summed E-state index contributed by atoms with van der Waals surface area (Å²) in [6.07, 6.45) is 0. The van der Waals surface area contributed by atoms with E-state index in [0.29, 0.717) is 17.0 Å². The maximum absolute atomic E-state index is 13.4. The number of thiazole rings is 1. The molecule has 4 rings (SSSR count). The number of nitrogens with zero attached hydrogens (tertiary/aromatic N) is 4. The van der Waals surface area contributed by atoms with Crippen LogP contribution in [0.1, 0.15) is 16.2 Å². The Hall–Kier alpha value is -4.25. The van der Waals surface area contributed by atoms with Gasteiger partial charge in [-0.15, -0.1) is 11.3 Å². The van der Waals surface area contributed by atoms with Crippen molar-refractivity contribution in [1.29, 1.82) is 0 Å². The summed E-state index contributed by atoms with van der Waals surface area (Å²) in [4.78, 5) is 40.2. The predicted molar refractivity (Wildman–Crippen MR) is 117 cm³/mol. The van der Waals surface area contributed by atoms with Crippen molar-refractivity contribution in [3.05, 3.63) is 97.5 Å². The van der Waals surface area contributed by atoms with Gasteiger partial charge in [-0.25, -0.2) is 14.1 Å². The van der Waals surface area contributed by atoms with E-state index in [4.69, 9.17) is 0 Å². The molecule has 0 bridgehead atoms. The zero-order chi connectivity index (χ0) is 22.8. The highest BCUT2D eigenvalue weighted by Gasteiger charge is 2.21. The second kappa shape index (κ2) is 8.47. The standard InChI is InChI=1S/C21H14FN5O4S/c1-12-9-18(28)19(25-26(12)16-7-2-3-8-17(16)27(30)31)20(29)24-21-23-15(11-32-21)13-5-4-6-14(22)10-13/h2-11H,1H3,(H,23,24,29). The van der Waals surface area contributed by atoms with Gasteiger partial charge in [-0.1, -0.05) is 24.3 Å². The van der Waals surface area contributed by atoms with E-state index in [0.717, 1.165) is 11.3 Å². The number of hydrogen-bond donors (Lipinski definition) is 1. The third-order valence-corrected chi connectivity index (χ3v) is 5.23. The molecule has 0 spiro atoms. The number of anilines is 1. The molecule has 2 heterocycles. The molecule has 2 aromatic carbocycles. The van der Waals surface area contributed by atoms with Crippen molar-refractivity contribution in [3.8, 4) is 16.9 Å². The van der Waals surface area contributed by atoms with E-state index < -0.39 is 27.8 Å². The largest absolute Gasteiger partial charge is 0.296 e. The lowest BCUT2D eigenvalue weighted by atomic mass is 10.2. The average Bonchev–Trinajstić information content (AvgIpc) is 3.22. The second-order valence-corrected chi connectivity index (χ2v) is 7.52. The summed E-state index contributed by atoms with van der Waals surface area (Å²) >= 11 is 1.10. The Morgan fingerprint density at radius 1 is 1.19 bits per heavy atom. The van der Waals surface area contributed by atoms with Gasteiger partial charge in [0, 0.05) is 28.8 Å². The number of nitrogens with one attached hydrogen (secondary N) is 1. The number of aryl methyl sites for hydroxylation is 1. The Balaban J connectivity index is 1.66. The Labute approximate surface area is 184 Å². The van der Waals surface area contributed by atoms with Gasteiger partial charge in [-0.2, -0.15) is 5.10 Å². The predicted octanol–water partition coefficient (Wildman–Crippen LogP) is 3.96. The summed E-state index contributed by atoms with van der Waals surface area (Å²) in [5.74, 6) is -1.23. The monoisotopic (exact) mass is 451 g/mol. The molecule has 0 saturated carbocycles. The second-order valence-electron chi connectivity index (χ2n) is 6.66. The first-order chi connectivity index (χ1) is 15.3. The molecule has 0 saturated heterocycles. The molecule has 0 aliphatic rings. The van der Waals surface area contributed by atoms with Crippen LogP contribution in [0.4, 0.5) is 15.2 Å². The third kappa shape index (κ3) is 4.14. The van der Waals surface area contributed by atoms with Crippen molar-refractivity contribution in [3.63, 3.8) is 0 Å². The molecule has 0 fully saturated rings. The maximum Gasteiger partial charge on any atom is 0.294 e. The van der Waals surface area contributed by atoms with Crippen LogP contribution >= 0.6 is 11.3 Å². The zero-order valence-corrected chi connectivity index (χ0v) is 17.3. The lowest BCUT2D eigenvalue weighted by Gasteiger charge is -2.11. The summed E-state index contributed by atoms with van der Waals surface area (Å²) in [7, 11) is 0. The SMILES string of the molecule is Cc1cc(=O)c(C(=O)Nc2nc(-c3cccc(F)c3)cs2)nn1-c1ccccc1[N+](=O)[O-]. The first-order valence-corrected chi connectivity index (χ1v) is 10.1. The van der Waals surface area contributed by atoms with Crippen LogP contribution in [0.3, 0.4) is 0 Å². The summed E-state index contributed by atoms with van der Waals surface area (Å²) in [6, 6.07) is 12.9. The van der Waals surface area contributed by atoms with Crippen LogP contribution in [0, 0.1) is 22.9 Å². The van der Waals surface area contributed by atoms with Crippen molar-refractivity contribution >= 4 is 28.1 Å². The van der Waals surface area contributed by atoms with E-state index >= 15 is 0 Å². The summed E-state index contributed by atoms with van der Waals surface area (Å²) < 4.78 is 14.6. The lowest BCUT2D eigenvalue weighted by molar-refractivity contribution is -0.384. The molecule has 0 unspecified atom stereocenters. The average molecular weight is 451 g/mol. The molecule has 2 aromatic heterocycles. The van der Waals surface area contributed by atoms with Crippen molar-refractivity contribution in [2.45, 2.75) is 6.92 Å². The fourth-order valence-corrected chi connectivity index (χ4v) is 3.73. The minimum Gasteiger partial charge on any atom is -0.296 e. The number of carbonyl (C=O) groups excluding carboxylic acids is 1. The quantitative estimate of drug-likeness (QED) is 0.362. The Bertz CT molecular complexity index is 1420. The number of benzene rings is 2. The van der Waals surface area contributed by atoms with Gasteiger partial charge in [-0.3, -0.25) is 25.0 Å². The maximum atomic E-state index is 13.4. The topological polar surface area (TPSA) is 120 Å². The number of hydrogen-bond acceptors (Lipinski definition) is 7. The highest BCUT2D eigenvalue weighted by atomic mass is 32.1. The van der Waals surface area contributed by atoms with Gasteiger partial charge in [-0.05, 0) is 25.1 Å². The smallest absolute Gasteiger partial charge is 0.294 e. The summed E-state index contributed by atoms with van der Waals surface area (Å²) in [5, 5.41) is 19.8. The molecule has 0 aliphatic heterocycles. The molecular formula is C21H14FN5O4S. The van der Waals surface area contributed by atoms with Gasteiger partial charge in [0.1, 0.15) is 11.5 Å². The van der Waals surface area contributed by atoms with Crippen molar-refractivity contribution in [1.82, 2.24) is 14.8 Å². The molecule has 0 radical (unpaired) electrons. The highest BCUT2D eigenvalue weighted by molar-refractivity contribution is 7.14. The molecule has 4 aromatic rings.